The lowest BCUT2D eigenvalue weighted by Gasteiger charge is -2.41. The second-order valence-electron chi connectivity index (χ2n) is 6.83. The predicted octanol–water partition coefficient (Wildman–Crippen LogP) is 1.93. The smallest absolute Gasteiger partial charge is 0.410 e. The van der Waals surface area contributed by atoms with E-state index in [1.807, 2.05) is 0 Å². The molecular weight excluding hydrogens is 336 g/mol. The van der Waals surface area contributed by atoms with Crippen LogP contribution in [0.2, 0.25) is 5.15 Å². The molecule has 2 heterocycles. The number of pyridine rings is 1. The van der Waals surface area contributed by atoms with Gasteiger partial charge in [-0.2, -0.15) is 0 Å². The second kappa shape index (κ2) is 6.74. The third-order valence-electron chi connectivity index (χ3n) is 3.81. The van der Waals surface area contributed by atoms with Gasteiger partial charge in [0.2, 0.25) is 0 Å². The number of aliphatic hydroxyl groups excluding tert-OH is 1. The summed E-state index contributed by atoms with van der Waals surface area (Å²) >= 11 is 5.94. The van der Waals surface area contributed by atoms with Gasteiger partial charge in [-0.3, -0.25) is 0 Å². The minimum Gasteiger partial charge on any atom is -0.497 e. The van der Waals surface area contributed by atoms with Crippen molar-refractivity contribution in [3.8, 4) is 5.75 Å². The topological polar surface area (TPSA) is 92.1 Å². The molecule has 0 aromatic carbocycles. The molecule has 24 heavy (non-hydrogen) atoms. The minimum absolute atomic E-state index is 0.0675. The van der Waals surface area contributed by atoms with Crippen molar-refractivity contribution in [2.45, 2.75) is 44.5 Å². The monoisotopic (exact) mass is 358 g/mol. The number of rotatable bonds is 2. The van der Waals surface area contributed by atoms with Crippen molar-refractivity contribution in [2.75, 3.05) is 20.2 Å². The molecule has 134 valence electrons. The van der Waals surface area contributed by atoms with E-state index in [0.717, 1.165) is 0 Å². The summed E-state index contributed by atoms with van der Waals surface area (Å²) in [5.74, 6) is 0.431. The summed E-state index contributed by atoms with van der Waals surface area (Å²) in [4.78, 5) is 17.6. The largest absolute Gasteiger partial charge is 0.497 e. The Hall–Kier alpha value is -1.57. The number of hydrogen-bond donors (Lipinski definition) is 2. The Morgan fingerprint density at radius 1 is 1.46 bits per heavy atom. The molecule has 1 aromatic rings. The number of likely N-dealkylation sites (tertiary alicyclic amines) is 1. The molecule has 1 amide bonds. The first-order valence-electron chi connectivity index (χ1n) is 7.65. The van der Waals surface area contributed by atoms with Crippen LogP contribution in [-0.4, -0.2) is 58.1 Å². The van der Waals surface area contributed by atoms with Crippen molar-refractivity contribution in [3.63, 3.8) is 0 Å². The molecule has 2 rings (SSSR count). The molecule has 0 aliphatic carbocycles. The highest BCUT2D eigenvalue weighted by Crippen LogP contribution is 2.35. The molecule has 1 aliphatic heterocycles. The standard InChI is InChI=1S/C16H23ClN2O5/c1-15(2,3)24-14(21)19-6-5-16(22,12(20)9-19)11-7-10(23-4)8-13(17)18-11/h7-8,12,20,22H,5-6,9H2,1-4H3/t12-,16-/m1/s1. The van der Waals surface area contributed by atoms with Crippen molar-refractivity contribution in [2.24, 2.45) is 0 Å². The van der Waals surface area contributed by atoms with Gasteiger partial charge in [-0.05, 0) is 20.8 Å². The average Bonchev–Trinajstić information content (AvgIpc) is 2.47. The van der Waals surface area contributed by atoms with Gasteiger partial charge in [-0.25, -0.2) is 9.78 Å². The average molecular weight is 359 g/mol. The van der Waals surface area contributed by atoms with Crippen LogP contribution in [0.4, 0.5) is 4.79 Å². The Morgan fingerprint density at radius 3 is 2.67 bits per heavy atom. The minimum atomic E-state index is -1.61. The van der Waals surface area contributed by atoms with E-state index in [0.29, 0.717) is 5.75 Å². The molecule has 0 bridgehead atoms. The van der Waals surface area contributed by atoms with E-state index >= 15 is 0 Å². The summed E-state index contributed by atoms with van der Waals surface area (Å²) in [6.07, 6.45) is -1.65. The van der Waals surface area contributed by atoms with Crippen molar-refractivity contribution in [3.05, 3.63) is 23.0 Å². The fourth-order valence-electron chi connectivity index (χ4n) is 2.53. The first-order chi connectivity index (χ1) is 11.0. The highest BCUT2D eigenvalue weighted by Gasteiger charge is 2.45. The number of carbonyl (C=O) groups is 1. The summed E-state index contributed by atoms with van der Waals surface area (Å²) in [6.45, 7) is 5.46. The lowest BCUT2D eigenvalue weighted by Crippen LogP contribution is -2.56. The van der Waals surface area contributed by atoms with Crippen LogP contribution in [0, 0.1) is 0 Å². The normalized spacial score (nSPS) is 24.6. The van der Waals surface area contributed by atoms with E-state index in [-0.39, 0.29) is 30.4 Å². The Morgan fingerprint density at radius 2 is 2.12 bits per heavy atom. The van der Waals surface area contributed by atoms with Crippen molar-refractivity contribution in [1.82, 2.24) is 9.88 Å². The van der Waals surface area contributed by atoms with Crippen LogP contribution in [0.5, 0.6) is 5.75 Å². The summed E-state index contributed by atoms with van der Waals surface area (Å²) in [6, 6.07) is 3.04. The lowest BCUT2D eigenvalue weighted by molar-refractivity contribution is -0.125. The molecule has 8 heteroatoms. The molecule has 1 aliphatic rings. The Labute approximate surface area is 146 Å². The van der Waals surface area contributed by atoms with E-state index in [9.17, 15) is 15.0 Å². The fraction of sp³-hybridized carbons (Fsp3) is 0.625. The lowest BCUT2D eigenvalue weighted by atomic mass is 9.85. The molecule has 1 saturated heterocycles. The summed E-state index contributed by atoms with van der Waals surface area (Å²) in [5.41, 5.74) is -2.03. The maximum Gasteiger partial charge on any atom is 0.410 e. The third-order valence-corrected chi connectivity index (χ3v) is 4.00. The van der Waals surface area contributed by atoms with Gasteiger partial charge in [-0.1, -0.05) is 11.6 Å². The summed E-state index contributed by atoms with van der Waals surface area (Å²) < 4.78 is 10.4. The number of nitrogens with zero attached hydrogens (tertiary/aromatic N) is 2. The Kier molecular flexibility index (Phi) is 5.27. The quantitative estimate of drug-likeness (QED) is 0.785. The van der Waals surface area contributed by atoms with Gasteiger partial charge in [0.25, 0.3) is 0 Å². The maximum atomic E-state index is 12.1. The highest BCUT2D eigenvalue weighted by atomic mass is 35.5. The van der Waals surface area contributed by atoms with Gasteiger partial charge < -0.3 is 24.6 Å². The number of piperidine rings is 1. The number of aliphatic hydroxyl groups is 2. The van der Waals surface area contributed by atoms with Crippen molar-refractivity contribution >= 4 is 17.7 Å². The molecule has 2 atom stereocenters. The zero-order valence-corrected chi connectivity index (χ0v) is 15.0. The molecule has 2 N–H and O–H groups in total. The number of β-amino-alcohol motifs (C(OH)–C–C–N with tert-alkyl or cyclic N) is 1. The van der Waals surface area contributed by atoms with Gasteiger partial charge in [0, 0.05) is 25.1 Å². The van der Waals surface area contributed by atoms with Crippen LogP contribution in [0.1, 0.15) is 32.9 Å². The first kappa shape index (κ1) is 18.8. The van der Waals surface area contributed by atoms with E-state index in [1.54, 1.807) is 20.8 Å². The second-order valence-corrected chi connectivity index (χ2v) is 7.22. The van der Waals surface area contributed by atoms with E-state index in [1.165, 1.54) is 24.1 Å². The van der Waals surface area contributed by atoms with Crippen LogP contribution < -0.4 is 4.74 Å². The number of hydrogen-bond acceptors (Lipinski definition) is 6. The Balaban J connectivity index is 2.18. The van der Waals surface area contributed by atoms with Gasteiger partial charge >= 0.3 is 6.09 Å². The van der Waals surface area contributed by atoms with Gasteiger partial charge in [0.1, 0.15) is 28.2 Å². The van der Waals surface area contributed by atoms with E-state index < -0.39 is 23.4 Å². The van der Waals surface area contributed by atoms with E-state index in [4.69, 9.17) is 21.1 Å². The molecule has 0 radical (unpaired) electrons. The van der Waals surface area contributed by atoms with Crippen LogP contribution >= 0.6 is 11.6 Å². The molecule has 1 aromatic heterocycles. The summed E-state index contributed by atoms with van der Waals surface area (Å²) in [5, 5.41) is 21.5. The number of carbonyl (C=O) groups excluding carboxylic acids is 1. The van der Waals surface area contributed by atoms with Crippen LogP contribution in [-0.2, 0) is 10.3 Å². The molecule has 0 unspecified atom stereocenters. The van der Waals surface area contributed by atoms with Crippen LogP contribution in [0.25, 0.3) is 0 Å². The summed E-state index contributed by atoms with van der Waals surface area (Å²) in [7, 11) is 1.47. The van der Waals surface area contributed by atoms with Gasteiger partial charge in [-0.15, -0.1) is 0 Å². The molecule has 0 saturated carbocycles. The van der Waals surface area contributed by atoms with Crippen LogP contribution in [0.3, 0.4) is 0 Å². The number of aromatic nitrogens is 1. The van der Waals surface area contributed by atoms with Gasteiger partial charge in [0.15, 0.2) is 0 Å². The predicted molar refractivity (Wildman–Crippen MR) is 88.1 cm³/mol. The SMILES string of the molecule is COc1cc(Cl)nc([C@]2(O)CCN(C(=O)OC(C)(C)C)C[C@H]2O)c1. The fourth-order valence-corrected chi connectivity index (χ4v) is 2.73. The number of methoxy groups -OCH3 is 1. The number of ether oxygens (including phenoxy) is 2. The van der Waals surface area contributed by atoms with Crippen LogP contribution in [0.15, 0.2) is 12.1 Å². The van der Waals surface area contributed by atoms with E-state index in [2.05, 4.69) is 4.98 Å². The maximum absolute atomic E-state index is 12.1. The molecule has 0 spiro atoms. The molecule has 1 fully saturated rings. The van der Waals surface area contributed by atoms with Gasteiger partial charge in [0.05, 0.1) is 19.3 Å². The third kappa shape index (κ3) is 4.09. The van der Waals surface area contributed by atoms with Crippen molar-refractivity contribution in [1.29, 1.82) is 0 Å². The number of halogens is 1. The molecule has 7 nitrogen and oxygen atoms in total. The molecular formula is C16H23ClN2O5. The zero-order valence-electron chi connectivity index (χ0n) is 14.2. The first-order valence-corrected chi connectivity index (χ1v) is 8.03. The zero-order chi connectivity index (χ0) is 18.1. The Bertz CT molecular complexity index is 619. The highest BCUT2D eigenvalue weighted by molar-refractivity contribution is 6.29. The van der Waals surface area contributed by atoms with Crippen molar-refractivity contribution < 1.29 is 24.5 Å². The number of amides is 1.